The number of aromatic nitrogens is 2. The molecule has 0 aliphatic heterocycles. The highest BCUT2D eigenvalue weighted by molar-refractivity contribution is 5.75. The number of hydrogen-bond acceptors (Lipinski definition) is 5. The molecule has 5 rings (SSSR count). The van der Waals surface area contributed by atoms with E-state index in [-0.39, 0.29) is 5.75 Å². The maximum absolute atomic E-state index is 10.7. The Morgan fingerprint density at radius 1 is 0.939 bits per heavy atom. The molecule has 0 radical (unpaired) electrons. The van der Waals surface area contributed by atoms with Crippen molar-refractivity contribution in [3.63, 3.8) is 0 Å². The maximum Gasteiger partial charge on any atom is 0.151 e. The lowest BCUT2D eigenvalue weighted by Crippen LogP contribution is -2.42. The van der Waals surface area contributed by atoms with Gasteiger partial charge in [-0.25, -0.2) is 0 Å². The molecule has 2 fully saturated rings. The predicted octanol–water partition coefficient (Wildman–Crippen LogP) is 6.32. The van der Waals surface area contributed by atoms with Crippen molar-refractivity contribution < 1.29 is 9.84 Å². The first-order valence-electron chi connectivity index (χ1n) is 11.8. The van der Waals surface area contributed by atoms with Gasteiger partial charge in [-0.05, 0) is 90.5 Å². The summed E-state index contributed by atoms with van der Waals surface area (Å²) in [6.45, 7) is 4.90. The molecule has 33 heavy (non-hydrogen) atoms. The van der Waals surface area contributed by atoms with Gasteiger partial charge in [0.1, 0.15) is 11.5 Å². The lowest BCUT2D eigenvalue weighted by molar-refractivity contribution is 0.148. The monoisotopic (exact) mass is 443 g/mol. The van der Waals surface area contributed by atoms with Crippen LogP contribution >= 0.6 is 0 Å². The third-order valence-corrected chi connectivity index (χ3v) is 7.88. The van der Waals surface area contributed by atoms with Crippen LogP contribution in [0.1, 0.15) is 46.0 Å². The van der Waals surface area contributed by atoms with Crippen LogP contribution in [0.3, 0.4) is 0 Å². The molecule has 0 spiro atoms. The first-order valence-corrected chi connectivity index (χ1v) is 11.8. The minimum absolute atomic E-state index is 0.190. The van der Waals surface area contributed by atoms with Gasteiger partial charge in [0.15, 0.2) is 5.82 Å². The van der Waals surface area contributed by atoms with Crippen LogP contribution in [0.15, 0.2) is 54.6 Å². The number of aromatic hydroxyl groups is 1. The maximum atomic E-state index is 10.7. The molecule has 2 saturated carbocycles. The van der Waals surface area contributed by atoms with Gasteiger partial charge in [0.2, 0.25) is 0 Å². The molecule has 5 nitrogen and oxygen atoms in total. The lowest BCUT2D eigenvalue weighted by atomic mass is 9.68. The number of methoxy groups -OCH3 is 1. The van der Waals surface area contributed by atoms with Crippen molar-refractivity contribution in [2.24, 2.45) is 10.8 Å². The Labute approximate surface area is 196 Å². The number of ether oxygens (including phenoxy) is 1. The molecule has 3 atom stereocenters. The van der Waals surface area contributed by atoms with Crippen LogP contribution in [-0.4, -0.2) is 35.5 Å². The van der Waals surface area contributed by atoms with Gasteiger partial charge in [-0.3, -0.25) is 0 Å². The van der Waals surface area contributed by atoms with Crippen LogP contribution in [0, 0.1) is 10.8 Å². The molecule has 1 heterocycles. The van der Waals surface area contributed by atoms with E-state index in [2.05, 4.69) is 36.0 Å². The van der Waals surface area contributed by atoms with Crippen LogP contribution in [0.2, 0.25) is 0 Å². The van der Waals surface area contributed by atoms with E-state index < -0.39 is 0 Å². The molecular weight excluding hydrogens is 410 g/mol. The van der Waals surface area contributed by atoms with E-state index in [1.807, 2.05) is 48.5 Å². The molecule has 1 unspecified atom stereocenters. The third-order valence-electron chi connectivity index (χ3n) is 7.88. The summed E-state index contributed by atoms with van der Waals surface area (Å²) >= 11 is 0. The number of rotatable bonds is 5. The third kappa shape index (κ3) is 4.17. The zero-order valence-corrected chi connectivity index (χ0v) is 20.0. The highest BCUT2D eigenvalue weighted by Crippen LogP contribution is 2.58. The van der Waals surface area contributed by atoms with E-state index in [4.69, 9.17) is 4.74 Å². The standard InChI is InChI=1S/C28H33N3O2/c1-27-12-13-28(2,18-27)17-21(16-27)31(3)26-11-10-24(29-30-26)23-9-8-20(15-25(23)32)19-6-5-7-22(14-19)33-4/h5-11,14-15,21,32H,12-13,16-18H2,1-4H3/t21?,27-,28+. The SMILES string of the molecule is COc1cccc(-c2ccc(-c3ccc(N(C)C4C[C@]5(C)CC[C@](C)(C4)C5)nn3)c(O)c2)c1. The van der Waals surface area contributed by atoms with E-state index in [9.17, 15) is 5.11 Å². The number of nitrogens with zero attached hydrogens (tertiary/aromatic N) is 3. The largest absolute Gasteiger partial charge is 0.507 e. The Morgan fingerprint density at radius 3 is 2.30 bits per heavy atom. The zero-order valence-electron chi connectivity index (χ0n) is 20.0. The molecule has 0 saturated heterocycles. The van der Waals surface area contributed by atoms with Gasteiger partial charge in [-0.1, -0.05) is 32.0 Å². The van der Waals surface area contributed by atoms with Gasteiger partial charge >= 0.3 is 0 Å². The molecule has 3 aromatic rings. The van der Waals surface area contributed by atoms with Gasteiger partial charge in [-0.15, -0.1) is 10.2 Å². The van der Waals surface area contributed by atoms with Gasteiger partial charge in [0.25, 0.3) is 0 Å². The van der Waals surface area contributed by atoms with Gasteiger partial charge in [0.05, 0.1) is 12.8 Å². The number of phenolic OH excluding ortho intramolecular Hbond substituents is 1. The Morgan fingerprint density at radius 2 is 1.67 bits per heavy atom. The van der Waals surface area contributed by atoms with Gasteiger partial charge in [0, 0.05) is 18.7 Å². The number of fused-ring (bicyclic) bond motifs is 2. The summed E-state index contributed by atoms with van der Waals surface area (Å²) in [4.78, 5) is 2.31. The number of phenols is 1. The summed E-state index contributed by atoms with van der Waals surface area (Å²) in [7, 11) is 3.80. The normalized spacial score (nSPS) is 26.2. The van der Waals surface area contributed by atoms with Crippen molar-refractivity contribution in [3.8, 4) is 33.9 Å². The molecule has 172 valence electrons. The van der Waals surface area contributed by atoms with Crippen molar-refractivity contribution in [1.29, 1.82) is 0 Å². The molecule has 2 aromatic carbocycles. The topological polar surface area (TPSA) is 58.5 Å². The number of hydrogen-bond donors (Lipinski definition) is 1. The van der Waals surface area contributed by atoms with Crippen molar-refractivity contribution >= 4 is 5.82 Å². The van der Waals surface area contributed by atoms with Crippen LogP contribution in [0.5, 0.6) is 11.5 Å². The van der Waals surface area contributed by atoms with E-state index >= 15 is 0 Å². The summed E-state index contributed by atoms with van der Waals surface area (Å²) in [5.41, 5.74) is 4.17. The molecular formula is C28H33N3O2. The van der Waals surface area contributed by atoms with Crippen molar-refractivity contribution in [2.45, 2.75) is 52.0 Å². The zero-order chi connectivity index (χ0) is 23.2. The Hall–Kier alpha value is -3.08. The van der Waals surface area contributed by atoms with E-state index in [1.54, 1.807) is 13.2 Å². The fraction of sp³-hybridized carbons (Fsp3) is 0.429. The second-order valence-corrected chi connectivity index (χ2v) is 10.7. The fourth-order valence-electron chi connectivity index (χ4n) is 6.22. The van der Waals surface area contributed by atoms with Crippen LogP contribution in [0.25, 0.3) is 22.4 Å². The quantitative estimate of drug-likeness (QED) is 0.500. The first-order chi connectivity index (χ1) is 15.8. The van der Waals surface area contributed by atoms with Crippen molar-refractivity contribution in [1.82, 2.24) is 10.2 Å². The van der Waals surface area contributed by atoms with Gasteiger partial charge in [-0.2, -0.15) is 0 Å². The van der Waals surface area contributed by atoms with E-state index in [0.717, 1.165) is 22.7 Å². The molecule has 2 bridgehead atoms. The van der Waals surface area contributed by atoms with Crippen molar-refractivity contribution in [2.75, 3.05) is 19.1 Å². The molecule has 0 amide bonds. The van der Waals surface area contributed by atoms with E-state index in [0.29, 0.717) is 28.1 Å². The lowest BCUT2D eigenvalue weighted by Gasteiger charge is -2.44. The Kier molecular flexibility index (Phi) is 5.31. The summed E-state index contributed by atoms with van der Waals surface area (Å²) in [5.74, 6) is 1.87. The first kappa shape index (κ1) is 21.7. The van der Waals surface area contributed by atoms with E-state index in [1.165, 1.54) is 32.1 Å². The molecule has 2 aliphatic carbocycles. The van der Waals surface area contributed by atoms with Crippen LogP contribution in [0.4, 0.5) is 5.82 Å². The average molecular weight is 444 g/mol. The molecule has 5 heteroatoms. The Bertz CT molecular complexity index is 1140. The highest BCUT2D eigenvalue weighted by Gasteiger charge is 2.49. The van der Waals surface area contributed by atoms with Gasteiger partial charge < -0.3 is 14.7 Å². The summed E-state index contributed by atoms with van der Waals surface area (Å²) in [5, 5.41) is 19.7. The number of anilines is 1. The molecule has 1 aromatic heterocycles. The Balaban J connectivity index is 1.35. The average Bonchev–Trinajstić information content (AvgIpc) is 3.05. The molecule has 1 N–H and O–H groups in total. The summed E-state index contributed by atoms with van der Waals surface area (Å²) < 4.78 is 5.32. The second-order valence-electron chi connectivity index (χ2n) is 10.7. The highest BCUT2D eigenvalue weighted by atomic mass is 16.5. The van der Waals surface area contributed by atoms with Crippen LogP contribution < -0.4 is 9.64 Å². The summed E-state index contributed by atoms with van der Waals surface area (Å²) in [6, 6.07) is 17.9. The van der Waals surface area contributed by atoms with Crippen LogP contribution in [-0.2, 0) is 0 Å². The molecule has 2 aliphatic rings. The van der Waals surface area contributed by atoms with Crippen molar-refractivity contribution in [3.05, 3.63) is 54.6 Å². The second kappa shape index (κ2) is 8.05. The minimum Gasteiger partial charge on any atom is -0.507 e. The minimum atomic E-state index is 0.190. The summed E-state index contributed by atoms with van der Waals surface area (Å²) in [6.07, 6.45) is 6.46. The predicted molar refractivity (Wildman–Crippen MR) is 133 cm³/mol. The smallest absolute Gasteiger partial charge is 0.151 e. The number of benzene rings is 2. The fourth-order valence-corrected chi connectivity index (χ4v) is 6.22.